The lowest BCUT2D eigenvalue weighted by molar-refractivity contribution is 0.0455. The molecule has 1 saturated carbocycles. The van der Waals surface area contributed by atoms with Gasteiger partial charge in [-0.15, -0.1) is 0 Å². The highest BCUT2D eigenvalue weighted by atomic mass is 35.5. The Bertz CT molecular complexity index is 1070. The van der Waals surface area contributed by atoms with Gasteiger partial charge in [-0.2, -0.15) is 5.26 Å². The summed E-state index contributed by atoms with van der Waals surface area (Å²) >= 11 is 6.57. The summed E-state index contributed by atoms with van der Waals surface area (Å²) < 4.78 is 16.1. The molecule has 0 aromatic carbocycles. The second-order valence-electron chi connectivity index (χ2n) is 10.5. The van der Waals surface area contributed by atoms with Gasteiger partial charge in [-0.1, -0.05) is 17.7 Å². The van der Waals surface area contributed by atoms with Crippen molar-refractivity contribution in [2.75, 3.05) is 70.9 Å². The number of pyridine rings is 2. The van der Waals surface area contributed by atoms with Crippen molar-refractivity contribution >= 4 is 23.2 Å². The van der Waals surface area contributed by atoms with E-state index in [2.05, 4.69) is 26.6 Å². The third-order valence-electron chi connectivity index (χ3n) is 7.91. The maximum atomic E-state index is 9.75. The van der Waals surface area contributed by atoms with Crippen molar-refractivity contribution < 1.29 is 14.2 Å². The molecule has 10 heteroatoms. The Morgan fingerprint density at radius 1 is 1.10 bits per heavy atom. The van der Waals surface area contributed by atoms with E-state index in [0.29, 0.717) is 36.9 Å². The van der Waals surface area contributed by atoms with Crippen molar-refractivity contribution in [3.8, 4) is 17.3 Å². The quantitative estimate of drug-likeness (QED) is 0.358. The molecule has 0 amide bonds. The van der Waals surface area contributed by atoms with Crippen molar-refractivity contribution in [1.29, 1.82) is 5.26 Å². The Morgan fingerprint density at radius 3 is 2.49 bits per heavy atom. The molecule has 4 rings (SSSR count). The Hall–Kier alpha value is -2.48. The van der Waals surface area contributed by atoms with E-state index in [1.54, 1.807) is 20.4 Å². The fraction of sp³-hybridized carbons (Fsp3) is 0.621. The molecular weight excluding hydrogens is 516 g/mol. The number of rotatable bonds is 13. The van der Waals surface area contributed by atoms with E-state index >= 15 is 0 Å². The lowest BCUT2D eigenvalue weighted by Gasteiger charge is -2.37. The summed E-state index contributed by atoms with van der Waals surface area (Å²) in [5, 5.41) is 17.3. The van der Waals surface area contributed by atoms with E-state index in [9.17, 15) is 5.26 Å². The molecular formula is C29H41ClN6O3. The van der Waals surface area contributed by atoms with Gasteiger partial charge in [0.1, 0.15) is 11.6 Å². The molecule has 0 bridgehead atoms. The normalized spacial score (nSPS) is 20.9. The lowest BCUT2D eigenvalue weighted by atomic mass is 9.82. The van der Waals surface area contributed by atoms with Gasteiger partial charge in [0.2, 0.25) is 0 Å². The second-order valence-corrected chi connectivity index (χ2v) is 10.9. The van der Waals surface area contributed by atoms with Gasteiger partial charge < -0.3 is 24.8 Å². The number of anilines is 2. The van der Waals surface area contributed by atoms with Crippen molar-refractivity contribution in [3.05, 3.63) is 35.5 Å². The summed E-state index contributed by atoms with van der Waals surface area (Å²) in [6, 6.07) is 11.2. The molecule has 2 aliphatic rings. The molecule has 1 aliphatic carbocycles. The van der Waals surface area contributed by atoms with Gasteiger partial charge in [0, 0.05) is 70.9 Å². The molecule has 39 heavy (non-hydrogen) atoms. The molecule has 0 unspecified atom stereocenters. The second kappa shape index (κ2) is 14.8. The van der Waals surface area contributed by atoms with E-state index in [0.717, 1.165) is 87.7 Å². The fourth-order valence-corrected chi connectivity index (χ4v) is 5.64. The number of ether oxygens (including phenoxy) is 3. The van der Waals surface area contributed by atoms with Crippen LogP contribution in [0.3, 0.4) is 0 Å². The summed E-state index contributed by atoms with van der Waals surface area (Å²) in [6.07, 6.45) is 7.53. The first-order valence-corrected chi connectivity index (χ1v) is 14.3. The lowest BCUT2D eigenvalue weighted by Crippen LogP contribution is -2.43. The fourth-order valence-electron chi connectivity index (χ4n) is 5.44. The number of hydrogen-bond acceptors (Lipinski definition) is 9. The van der Waals surface area contributed by atoms with Crippen LogP contribution in [-0.2, 0) is 14.2 Å². The SMILES string of the molecule is COCCN(CCOC)C1CCC(Nc2cc(-c3cccc(NCC4(C#N)CCOCC4)n3)c(Cl)cn2)CC1. The molecule has 2 aromatic heterocycles. The number of aromatic nitrogens is 2. The van der Waals surface area contributed by atoms with Crippen LogP contribution in [0.1, 0.15) is 38.5 Å². The monoisotopic (exact) mass is 556 g/mol. The van der Waals surface area contributed by atoms with E-state index in [1.807, 2.05) is 24.3 Å². The summed E-state index contributed by atoms with van der Waals surface area (Å²) in [6.45, 7) is 5.10. The molecule has 3 heterocycles. The number of halogens is 1. The summed E-state index contributed by atoms with van der Waals surface area (Å²) in [4.78, 5) is 11.9. The molecule has 2 aromatic rings. The Kier molecular flexibility index (Phi) is 11.2. The van der Waals surface area contributed by atoms with E-state index < -0.39 is 5.41 Å². The first-order chi connectivity index (χ1) is 19.1. The van der Waals surface area contributed by atoms with Crippen molar-refractivity contribution in [2.24, 2.45) is 5.41 Å². The summed E-state index contributed by atoms with van der Waals surface area (Å²) in [5.74, 6) is 1.53. The van der Waals surface area contributed by atoms with Crippen molar-refractivity contribution in [1.82, 2.24) is 14.9 Å². The molecule has 2 N–H and O–H groups in total. The highest BCUT2D eigenvalue weighted by molar-refractivity contribution is 6.33. The smallest absolute Gasteiger partial charge is 0.126 e. The number of nitrogens with zero attached hydrogens (tertiary/aromatic N) is 4. The molecule has 9 nitrogen and oxygen atoms in total. The number of hydrogen-bond donors (Lipinski definition) is 2. The Balaban J connectivity index is 1.37. The zero-order valence-electron chi connectivity index (χ0n) is 23.1. The molecule has 212 valence electrons. The number of nitrogens with one attached hydrogen (secondary N) is 2. The molecule has 0 radical (unpaired) electrons. The Labute approximate surface area is 237 Å². The zero-order valence-corrected chi connectivity index (χ0v) is 23.9. The molecule has 0 spiro atoms. The predicted molar refractivity (Wildman–Crippen MR) is 154 cm³/mol. The molecule has 0 atom stereocenters. The third-order valence-corrected chi connectivity index (χ3v) is 8.21. The maximum Gasteiger partial charge on any atom is 0.126 e. The van der Waals surface area contributed by atoms with E-state index in [-0.39, 0.29) is 0 Å². The van der Waals surface area contributed by atoms with E-state index in [1.165, 1.54) is 0 Å². The van der Waals surface area contributed by atoms with Crippen LogP contribution >= 0.6 is 11.6 Å². The van der Waals surface area contributed by atoms with Gasteiger partial charge in [-0.05, 0) is 56.7 Å². The van der Waals surface area contributed by atoms with Crippen LogP contribution in [0.4, 0.5) is 11.6 Å². The summed E-state index contributed by atoms with van der Waals surface area (Å²) in [5.41, 5.74) is 1.17. The highest BCUT2D eigenvalue weighted by Crippen LogP contribution is 2.32. The Morgan fingerprint density at radius 2 is 1.82 bits per heavy atom. The van der Waals surface area contributed by atoms with Crippen LogP contribution in [-0.4, -0.2) is 87.2 Å². The average molecular weight is 557 g/mol. The minimum absolute atomic E-state index is 0.358. The van der Waals surface area contributed by atoms with Crippen LogP contribution in [0.2, 0.25) is 5.02 Å². The molecule has 1 aliphatic heterocycles. The highest BCUT2D eigenvalue weighted by Gasteiger charge is 2.32. The van der Waals surface area contributed by atoms with Gasteiger partial charge in [0.25, 0.3) is 0 Å². The van der Waals surface area contributed by atoms with Crippen LogP contribution in [0, 0.1) is 16.7 Å². The van der Waals surface area contributed by atoms with Crippen LogP contribution in [0.25, 0.3) is 11.3 Å². The standard InChI is InChI=1S/C29H41ClN6O3/c1-37-16-12-36(13-17-38-2)23-8-6-22(7-9-23)34-28-18-24(25(30)19-32-28)26-4-3-5-27(35-26)33-21-29(20-31)10-14-39-15-11-29/h3-5,18-19,22-23H,6-17,21H2,1-2H3,(H,32,34)(H,33,35). The van der Waals surface area contributed by atoms with Crippen molar-refractivity contribution in [2.45, 2.75) is 50.6 Å². The van der Waals surface area contributed by atoms with Gasteiger partial charge in [-0.25, -0.2) is 9.97 Å². The van der Waals surface area contributed by atoms with Gasteiger partial charge in [0.15, 0.2) is 0 Å². The number of nitriles is 1. The first-order valence-electron chi connectivity index (χ1n) is 13.9. The largest absolute Gasteiger partial charge is 0.383 e. The van der Waals surface area contributed by atoms with Gasteiger partial charge in [-0.3, -0.25) is 4.90 Å². The van der Waals surface area contributed by atoms with Crippen LogP contribution < -0.4 is 10.6 Å². The predicted octanol–water partition coefficient (Wildman–Crippen LogP) is 4.85. The molecule has 2 fully saturated rings. The van der Waals surface area contributed by atoms with Crippen molar-refractivity contribution in [3.63, 3.8) is 0 Å². The third kappa shape index (κ3) is 8.26. The van der Waals surface area contributed by atoms with Gasteiger partial charge >= 0.3 is 0 Å². The van der Waals surface area contributed by atoms with Crippen LogP contribution in [0.5, 0.6) is 0 Å². The maximum absolute atomic E-state index is 9.75. The average Bonchev–Trinajstić information content (AvgIpc) is 2.98. The van der Waals surface area contributed by atoms with Crippen LogP contribution in [0.15, 0.2) is 30.5 Å². The van der Waals surface area contributed by atoms with E-state index in [4.69, 9.17) is 30.8 Å². The summed E-state index contributed by atoms with van der Waals surface area (Å²) in [7, 11) is 3.50. The first kappa shape index (κ1) is 29.5. The minimum atomic E-state index is -0.426. The number of methoxy groups -OCH3 is 2. The topological polar surface area (TPSA) is 105 Å². The molecule has 1 saturated heterocycles. The van der Waals surface area contributed by atoms with Gasteiger partial charge in [0.05, 0.1) is 35.4 Å². The minimum Gasteiger partial charge on any atom is -0.383 e. The zero-order chi connectivity index (χ0) is 27.5.